The highest BCUT2D eigenvalue weighted by molar-refractivity contribution is 5.71. The van der Waals surface area contributed by atoms with Crippen molar-refractivity contribution in [2.24, 2.45) is 0 Å². The second kappa shape index (κ2) is 5.87. The summed E-state index contributed by atoms with van der Waals surface area (Å²) in [4.78, 5) is 10.7. The number of para-hydroxylation sites is 1. The summed E-state index contributed by atoms with van der Waals surface area (Å²) in [5.41, 5.74) is -0.321. The average molecular weight is 296 g/mol. The first-order valence-electron chi connectivity index (χ1n) is 6.01. The van der Waals surface area contributed by atoms with Gasteiger partial charge >= 0.3 is 12.1 Å². The molecule has 0 aliphatic heterocycles. The third-order valence-corrected chi connectivity index (χ3v) is 2.72. The van der Waals surface area contributed by atoms with Crippen LogP contribution in [0.3, 0.4) is 0 Å². The summed E-state index contributed by atoms with van der Waals surface area (Å²) in [6.45, 7) is 0. The van der Waals surface area contributed by atoms with Crippen LogP contribution in [-0.2, 0) is 17.4 Å². The topological polar surface area (TPSA) is 46.5 Å². The predicted octanol–water partition coefficient (Wildman–Crippen LogP) is 4.12. The minimum Gasteiger partial charge on any atom is -0.481 e. The van der Waals surface area contributed by atoms with E-state index in [4.69, 9.17) is 9.84 Å². The lowest BCUT2D eigenvalue weighted by molar-refractivity contribution is -0.138. The lowest BCUT2D eigenvalue weighted by atomic mass is 10.1. The number of carboxylic acids is 1. The second-order valence-electron chi connectivity index (χ2n) is 4.30. The summed E-state index contributed by atoms with van der Waals surface area (Å²) < 4.78 is 42.8. The third-order valence-electron chi connectivity index (χ3n) is 2.72. The first-order chi connectivity index (χ1) is 9.86. The monoisotopic (exact) mass is 296 g/mol. The van der Waals surface area contributed by atoms with Crippen LogP contribution in [0.4, 0.5) is 13.2 Å². The molecule has 0 saturated heterocycles. The first kappa shape index (κ1) is 14.9. The number of aliphatic carboxylic acids is 1. The van der Waals surface area contributed by atoms with Gasteiger partial charge in [-0.25, -0.2) is 0 Å². The van der Waals surface area contributed by atoms with E-state index in [1.807, 2.05) is 0 Å². The molecule has 0 bridgehead atoms. The van der Waals surface area contributed by atoms with Gasteiger partial charge in [0.1, 0.15) is 11.5 Å². The maximum absolute atomic E-state index is 12.4. The van der Waals surface area contributed by atoms with Gasteiger partial charge in [-0.3, -0.25) is 4.79 Å². The lowest BCUT2D eigenvalue weighted by Crippen LogP contribution is -2.04. The number of carboxylic acid groups (broad SMARTS) is 1. The number of carbonyl (C=O) groups is 1. The largest absolute Gasteiger partial charge is 0.481 e. The highest BCUT2D eigenvalue weighted by Gasteiger charge is 2.30. The van der Waals surface area contributed by atoms with Crippen LogP contribution in [0.5, 0.6) is 11.5 Å². The zero-order chi connectivity index (χ0) is 15.5. The van der Waals surface area contributed by atoms with Crippen molar-refractivity contribution in [3.8, 4) is 11.5 Å². The van der Waals surface area contributed by atoms with Crippen molar-refractivity contribution in [1.82, 2.24) is 0 Å². The molecule has 110 valence electrons. The van der Waals surface area contributed by atoms with Gasteiger partial charge in [0.25, 0.3) is 0 Å². The molecule has 3 nitrogen and oxygen atoms in total. The molecule has 0 aliphatic rings. The van der Waals surface area contributed by atoms with E-state index in [0.717, 1.165) is 12.1 Å². The van der Waals surface area contributed by atoms with E-state index in [1.54, 1.807) is 24.3 Å². The van der Waals surface area contributed by atoms with Gasteiger partial charge in [0.15, 0.2) is 0 Å². The third kappa shape index (κ3) is 3.98. The molecule has 0 radical (unpaired) electrons. The molecule has 6 heteroatoms. The minimum atomic E-state index is -4.40. The first-order valence-corrected chi connectivity index (χ1v) is 6.01. The highest BCUT2D eigenvalue weighted by atomic mass is 19.4. The number of rotatable bonds is 4. The number of hydrogen-bond donors (Lipinski definition) is 1. The maximum atomic E-state index is 12.4. The van der Waals surface area contributed by atoms with Crippen LogP contribution in [-0.4, -0.2) is 11.1 Å². The molecule has 0 saturated carbocycles. The van der Waals surface area contributed by atoms with Gasteiger partial charge in [-0.15, -0.1) is 0 Å². The Labute approximate surface area is 118 Å². The number of alkyl halides is 3. The number of ether oxygens (including phenoxy) is 1. The SMILES string of the molecule is O=C(O)Cc1ccccc1Oc1ccc(C(F)(F)F)cc1. The molecule has 2 aromatic rings. The summed E-state index contributed by atoms with van der Waals surface area (Å²) in [5.74, 6) is -0.501. The van der Waals surface area contributed by atoms with Crippen molar-refractivity contribution in [3.63, 3.8) is 0 Å². The number of benzene rings is 2. The Morgan fingerprint density at radius 3 is 2.24 bits per heavy atom. The molecule has 0 aromatic heterocycles. The fourth-order valence-corrected chi connectivity index (χ4v) is 1.75. The maximum Gasteiger partial charge on any atom is 0.416 e. The van der Waals surface area contributed by atoms with Crippen molar-refractivity contribution in [2.75, 3.05) is 0 Å². The molecule has 0 atom stereocenters. The Morgan fingerprint density at radius 2 is 1.67 bits per heavy atom. The molecule has 21 heavy (non-hydrogen) atoms. The van der Waals surface area contributed by atoms with Gasteiger partial charge in [0.2, 0.25) is 0 Å². The van der Waals surface area contributed by atoms with Gasteiger partial charge in [0.05, 0.1) is 12.0 Å². The smallest absolute Gasteiger partial charge is 0.416 e. The van der Waals surface area contributed by atoms with Crippen LogP contribution in [0.2, 0.25) is 0 Å². The molecule has 0 spiro atoms. The van der Waals surface area contributed by atoms with Gasteiger partial charge in [-0.05, 0) is 30.3 Å². The van der Waals surface area contributed by atoms with Gasteiger partial charge in [0, 0.05) is 5.56 Å². The summed E-state index contributed by atoms with van der Waals surface area (Å²) >= 11 is 0. The van der Waals surface area contributed by atoms with E-state index in [9.17, 15) is 18.0 Å². The second-order valence-corrected chi connectivity index (χ2v) is 4.30. The quantitative estimate of drug-likeness (QED) is 0.923. The molecule has 2 aromatic carbocycles. The summed E-state index contributed by atoms with van der Waals surface area (Å²) in [5, 5.41) is 8.80. The van der Waals surface area contributed by atoms with Crippen LogP contribution in [0.25, 0.3) is 0 Å². The standard InChI is InChI=1S/C15H11F3O3/c16-15(17,18)11-5-7-12(8-6-11)21-13-4-2-1-3-10(13)9-14(19)20/h1-8H,9H2,(H,19,20). The van der Waals surface area contributed by atoms with Crippen LogP contribution in [0, 0.1) is 0 Å². The number of halogens is 3. The Kier molecular flexibility index (Phi) is 4.16. The fraction of sp³-hybridized carbons (Fsp3) is 0.133. The van der Waals surface area contributed by atoms with Crippen molar-refractivity contribution >= 4 is 5.97 Å². The normalized spacial score (nSPS) is 11.2. The summed E-state index contributed by atoms with van der Waals surface area (Å²) in [6, 6.07) is 10.7. The van der Waals surface area contributed by atoms with E-state index < -0.39 is 17.7 Å². The minimum absolute atomic E-state index is 0.209. The van der Waals surface area contributed by atoms with E-state index in [2.05, 4.69) is 0 Å². The molecular weight excluding hydrogens is 285 g/mol. The molecule has 2 rings (SSSR count). The zero-order valence-corrected chi connectivity index (χ0v) is 10.7. The summed E-state index contributed by atoms with van der Waals surface area (Å²) in [6.07, 6.45) is -4.63. The van der Waals surface area contributed by atoms with E-state index in [1.165, 1.54) is 12.1 Å². The summed E-state index contributed by atoms with van der Waals surface area (Å²) in [7, 11) is 0. The molecule has 0 amide bonds. The van der Waals surface area contributed by atoms with Crippen molar-refractivity contribution in [3.05, 3.63) is 59.7 Å². The van der Waals surface area contributed by atoms with Crippen LogP contribution >= 0.6 is 0 Å². The van der Waals surface area contributed by atoms with E-state index in [-0.39, 0.29) is 12.2 Å². The predicted molar refractivity (Wildman–Crippen MR) is 69.3 cm³/mol. The highest BCUT2D eigenvalue weighted by Crippen LogP contribution is 2.32. The van der Waals surface area contributed by atoms with Crippen molar-refractivity contribution in [1.29, 1.82) is 0 Å². The Bertz CT molecular complexity index is 633. The van der Waals surface area contributed by atoms with Gasteiger partial charge in [-0.2, -0.15) is 13.2 Å². The Morgan fingerprint density at radius 1 is 1.05 bits per heavy atom. The van der Waals surface area contributed by atoms with Crippen LogP contribution in [0.1, 0.15) is 11.1 Å². The van der Waals surface area contributed by atoms with Crippen molar-refractivity contribution in [2.45, 2.75) is 12.6 Å². The van der Waals surface area contributed by atoms with Gasteiger partial charge < -0.3 is 9.84 Å². The Hall–Kier alpha value is -2.50. The molecule has 0 fully saturated rings. The van der Waals surface area contributed by atoms with Crippen LogP contribution < -0.4 is 4.74 Å². The van der Waals surface area contributed by atoms with Crippen LogP contribution in [0.15, 0.2) is 48.5 Å². The zero-order valence-electron chi connectivity index (χ0n) is 10.7. The molecule has 0 aliphatic carbocycles. The van der Waals surface area contributed by atoms with E-state index in [0.29, 0.717) is 11.3 Å². The van der Waals surface area contributed by atoms with Crippen molar-refractivity contribution < 1.29 is 27.8 Å². The fourth-order valence-electron chi connectivity index (χ4n) is 1.75. The molecule has 0 unspecified atom stereocenters. The van der Waals surface area contributed by atoms with Gasteiger partial charge in [-0.1, -0.05) is 18.2 Å². The van der Waals surface area contributed by atoms with E-state index >= 15 is 0 Å². The lowest BCUT2D eigenvalue weighted by Gasteiger charge is -2.11. The molecular formula is C15H11F3O3. The molecule has 1 N–H and O–H groups in total. The Balaban J connectivity index is 2.20. The average Bonchev–Trinajstić information content (AvgIpc) is 2.40. The number of hydrogen-bond acceptors (Lipinski definition) is 2. The molecule has 0 heterocycles.